The molecule has 0 radical (unpaired) electrons. The SMILES string of the molecule is O=C(CSc1ccc(C(F)(F)F)cn1)NC1CCOc2ccccc21. The van der Waals surface area contributed by atoms with E-state index in [1.165, 1.54) is 6.07 Å². The molecule has 0 spiro atoms. The van der Waals surface area contributed by atoms with Crippen molar-refractivity contribution in [3.05, 3.63) is 53.7 Å². The summed E-state index contributed by atoms with van der Waals surface area (Å²) in [5, 5.41) is 3.30. The van der Waals surface area contributed by atoms with Crippen LogP contribution in [0.3, 0.4) is 0 Å². The second kappa shape index (κ2) is 7.35. The van der Waals surface area contributed by atoms with Gasteiger partial charge in [0.05, 0.1) is 29.0 Å². The molecule has 2 heterocycles. The molecule has 0 aliphatic carbocycles. The van der Waals surface area contributed by atoms with E-state index < -0.39 is 11.7 Å². The number of hydrogen-bond acceptors (Lipinski definition) is 4. The van der Waals surface area contributed by atoms with Gasteiger partial charge in [-0.1, -0.05) is 30.0 Å². The highest BCUT2D eigenvalue weighted by atomic mass is 32.2. The molecule has 0 saturated heterocycles. The lowest BCUT2D eigenvalue weighted by atomic mass is 10.0. The lowest BCUT2D eigenvalue weighted by Gasteiger charge is -2.26. The summed E-state index contributed by atoms with van der Waals surface area (Å²) in [5.74, 6) is 0.641. The largest absolute Gasteiger partial charge is 0.493 e. The maximum Gasteiger partial charge on any atom is 0.417 e. The van der Waals surface area contributed by atoms with Crippen molar-refractivity contribution in [2.75, 3.05) is 12.4 Å². The Kier molecular flexibility index (Phi) is 5.17. The summed E-state index contributed by atoms with van der Waals surface area (Å²) in [5.41, 5.74) is 0.125. The number of alkyl halides is 3. The number of thioether (sulfide) groups is 1. The molecule has 4 nitrogen and oxygen atoms in total. The van der Waals surface area contributed by atoms with Gasteiger partial charge >= 0.3 is 6.18 Å². The van der Waals surface area contributed by atoms with Crippen molar-refractivity contribution in [2.45, 2.75) is 23.7 Å². The molecule has 1 unspecified atom stereocenters. The van der Waals surface area contributed by atoms with Gasteiger partial charge in [-0.2, -0.15) is 13.2 Å². The molecular formula is C17H15F3N2O2S. The number of ether oxygens (including phenoxy) is 1. The van der Waals surface area contributed by atoms with Crippen LogP contribution in [-0.4, -0.2) is 23.3 Å². The number of rotatable bonds is 4. The molecule has 0 bridgehead atoms. The second-order valence-corrected chi connectivity index (χ2v) is 6.46. The van der Waals surface area contributed by atoms with Gasteiger partial charge in [-0.25, -0.2) is 4.98 Å². The lowest BCUT2D eigenvalue weighted by molar-refractivity contribution is -0.137. The summed E-state index contributed by atoms with van der Waals surface area (Å²) in [7, 11) is 0. The minimum atomic E-state index is -4.41. The van der Waals surface area contributed by atoms with Crippen LogP contribution < -0.4 is 10.1 Å². The van der Waals surface area contributed by atoms with Crippen molar-refractivity contribution in [2.24, 2.45) is 0 Å². The number of fused-ring (bicyclic) bond motifs is 1. The van der Waals surface area contributed by atoms with E-state index >= 15 is 0 Å². The third kappa shape index (κ3) is 4.45. The fraction of sp³-hybridized carbons (Fsp3) is 0.294. The van der Waals surface area contributed by atoms with E-state index in [0.717, 1.165) is 35.3 Å². The number of halogens is 3. The van der Waals surface area contributed by atoms with Crippen LogP contribution in [0.2, 0.25) is 0 Å². The number of aromatic nitrogens is 1. The number of carbonyl (C=O) groups is 1. The van der Waals surface area contributed by atoms with E-state index in [0.29, 0.717) is 18.1 Å². The predicted molar refractivity (Wildman–Crippen MR) is 87.4 cm³/mol. The average molecular weight is 368 g/mol. The van der Waals surface area contributed by atoms with Crippen molar-refractivity contribution in [3.8, 4) is 5.75 Å². The average Bonchev–Trinajstić information content (AvgIpc) is 2.60. The van der Waals surface area contributed by atoms with Crippen molar-refractivity contribution in [3.63, 3.8) is 0 Å². The van der Waals surface area contributed by atoms with Gasteiger partial charge in [0.25, 0.3) is 0 Å². The van der Waals surface area contributed by atoms with Gasteiger partial charge in [-0.15, -0.1) is 0 Å². The minimum absolute atomic E-state index is 0.0812. The maximum atomic E-state index is 12.5. The Labute approximate surface area is 146 Å². The minimum Gasteiger partial charge on any atom is -0.493 e. The standard InChI is InChI=1S/C17H15F3N2O2S/c18-17(19,20)11-5-6-16(21-9-11)25-10-15(23)22-13-7-8-24-14-4-2-1-3-12(13)14/h1-6,9,13H,7-8,10H2,(H,22,23). The van der Waals surface area contributed by atoms with Crippen molar-refractivity contribution >= 4 is 17.7 Å². The number of hydrogen-bond donors (Lipinski definition) is 1. The number of pyridine rings is 1. The summed E-state index contributed by atoms with van der Waals surface area (Å²) >= 11 is 1.10. The molecule has 0 saturated carbocycles. The number of para-hydroxylation sites is 1. The van der Waals surface area contributed by atoms with Crippen molar-refractivity contribution < 1.29 is 22.7 Å². The Morgan fingerprint density at radius 1 is 1.28 bits per heavy atom. The molecule has 2 aromatic rings. The molecule has 1 aromatic heterocycles. The summed E-state index contributed by atoms with van der Waals surface area (Å²) in [6.45, 7) is 0.523. The molecule has 25 heavy (non-hydrogen) atoms. The van der Waals surface area contributed by atoms with Gasteiger partial charge in [0.15, 0.2) is 0 Å². The number of nitrogens with one attached hydrogen (secondary N) is 1. The molecule has 1 atom stereocenters. The molecular weight excluding hydrogens is 353 g/mol. The maximum absolute atomic E-state index is 12.5. The lowest BCUT2D eigenvalue weighted by Crippen LogP contribution is -2.33. The summed E-state index contributed by atoms with van der Waals surface area (Å²) in [6.07, 6.45) is -2.97. The van der Waals surface area contributed by atoms with Gasteiger partial charge in [0, 0.05) is 18.2 Å². The molecule has 1 N–H and O–H groups in total. The topological polar surface area (TPSA) is 51.2 Å². The van der Waals surface area contributed by atoms with Crippen LogP contribution in [-0.2, 0) is 11.0 Å². The molecule has 1 amide bonds. The molecule has 1 aliphatic rings. The van der Waals surface area contributed by atoms with E-state index in [4.69, 9.17) is 4.74 Å². The van der Waals surface area contributed by atoms with Crippen molar-refractivity contribution in [1.82, 2.24) is 10.3 Å². The highest BCUT2D eigenvalue weighted by Crippen LogP contribution is 2.32. The first kappa shape index (κ1) is 17.6. The van der Waals surface area contributed by atoms with Crippen LogP contribution in [0.1, 0.15) is 23.6 Å². The van der Waals surface area contributed by atoms with E-state index in [1.807, 2.05) is 24.3 Å². The van der Waals surface area contributed by atoms with Crippen LogP contribution in [0.4, 0.5) is 13.2 Å². The third-order valence-corrected chi connectivity index (χ3v) is 4.65. The van der Waals surface area contributed by atoms with Crippen LogP contribution in [0, 0.1) is 0 Å². The zero-order valence-electron chi connectivity index (χ0n) is 13.0. The number of benzene rings is 1. The Bertz CT molecular complexity index is 750. The first-order valence-electron chi connectivity index (χ1n) is 7.60. The van der Waals surface area contributed by atoms with Crippen molar-refractivity contribution in [1.29, 1.82) is 0 Å². The number of amides is 1. The smallest absolute Gasteiger partial charge is 0.417 e. The van der Waals surface area contributed by atoms with Gasteiger partial charge in [-0.3, -0.25) is 4.79 Å². The van der Waals surface area contributed by atoms with E-state index in [-0.39, 0.29) is 17.7 Å². The van der Waals surface area contributed by atoms with Gasteiger partial charge in [-0.05, 0) is 18.2 Å². The van der Waals surface area contributed by atoms with E-state index in [9.17, 15) is 18.0 Å². The monoisotopic (exact) mass is 368 g/mol. The molecule has 8 heteroatoms. The van der Waals surface area contributed by atoms with Crippen LogP contribution in [0.15, 0.2) is 47.6 Å². The Morgan fingerprint density at radius 2 is 2.08 bits per heavy atom. The zero-order valence-corrected chi connectivity index (χ0v) is 13.9. The highest BCUT2D eigenvalue weighted by molar-refractivity contribution is 7.99. The predicted octanol–water partition coefficient (Wildman–Crippen LogP) is 3.83. The summed E-state index contributed by atoms with van der Waals surface area (Å²) < 4.78 is 43.0. The zero-order chi connectivity index (χ0) is 17.9. The summed E-state index contributed by atoms with van der Waals surface area (Å²) in [4.78, 5) is 15.9. The summed E-state index contributed by atoms with van der Waals surface area (Å²) in [6, 6.07) is 9.62. The fourth-order valence-corrected chi connectivity index (χ4v) is 3.15. The Morgan fingerprint density at radius 3 is 2.80 bits per heavy atom. The first-order valence-corrected chi connectivity index (χ1v) is 8.59. The van der Waals surface area contributed by atoms with E-state index in [2.05, 4.69) is 10.3 Å². The quantitative estimate of drug-likeness (QED) is 0.834. The van der Waals surface area contributed by atoms with Crippen LogP contribution in [0.25, 0.3) is 0 Å². The Hall–Kier alpha value is -2.22. The van der Waals surface area contributed by atoms with Crippen LogP contribution >= 0.6 is 11.8 Å². The molecule has 1 aliphatic heterocycles. The number of nitrogens with zero attached hydrogens (tertiary/aromatic N) is 1. The third-order valence-electron chi connectivity index (χ3n) is 3.71. The Balaban J connectivity index is 1.55. The fourth-order valence-electron chi connectivity index (χ4n) is 2.50. The highest BCUT2D eigenvalue weighted by Gasteiger charge is 2.30. The first-order chi connectivity index (χ1) is 11.9. The number of carbonyl (C=O) groups excluding carboxylic acids is 1. The normalized spacial score (nSPS) is 16.7. The van der Waals surface area contributed by atoms with E-state index in [1.54, 1.807) is 0 Å². The van der Waals surface area contributed by atoms with Gasteiger partial charge in [0.2, 0.25) is 5.91 Å². The molecule has 3 rings (SSSR count). The molecule has 0 fully saturated rings. The van der Waals surface area contributed by atoms with Gasteiger partial charge < -0.3 is 10.1 Å². The molecule has 1 aromatic carbocycles. The van der Waals surface area contributed by atoms with Crippen LogP contribution in [0.5, 0.6) is 5.75 Å². The molecule has 132 valence electrons. The van der Waals surface area contributed by atoms with Gasteiger partial charge in [0.1, 0.15) is 5.75 Å². The second-order valence-electron chi connectivity index (χ2n) is 5.47.